The zero-order valence-electron chi connectivity index (χ0n) is 11.5. The third-order valence-corrected chi connectivity index (χ3v) is 2.25. The summed E-state index contributed by atoms with van der Waals surface area (Å²) in [5.41, 5.74) is 6.62. The van der Waals surface area contributed by atoms with Gasteiger partial charge < -0.3 is 15.8 Å². The number of amides is 1. The van der Waals surface area contributed by atoms with Gasteiger partial charge in [-0.3, -0.25) is 4.79 Å². The fourth-order valence-corrected chi connectivity index (χ4v) is 1.48. The van der Waals surface area contributed by atoms with Crippen LogP contribution >= 0.6 is 0 Å². The van der Waals surface area contributed by atoms with Crippen molar-refractivity contribution in [1.82, 2.24) is 0 Å². The van der Waals surface area contributed by atoms with Gasteiger partial charge in [0, 0.05) is 18.2 Å². The van der Waals surface area contributed by atoms with E-state index in [1.165, 1.54) is 0 Å². The van der Waals surface area contributed by atoms with E-state index in [2.05, 4.69) is 5.32 Å². The van der Waals surface area contributed by atoms with Gasteiger partial charge in [-0.1, -0.05) is 0 Å². The summed E-state index contributed by atoms with van der Waals surface area (Å²) in [6.07, 6.45) is 0.106. The highest BCUT2D eigenvalue weighted by molar-refractivity contribution is 5.93. The minimum absolute atomic E-state index is 0.146. The summed E-state index contributed by atoms with van der Waals surface area (Å²) >= 11 is 0. The number of rotatable bonds is 5. The molecule has 0 bridgehead atoms. The molecule has 1 unspecified atom stereocenters. The first-order valence-electron chi connectivity index (χ1n) is 6.25. The third-order valence-electron chi connectivity index (χ3n) is 2.25. The fourth-order valence-electron chi connectivity index (χ4n) is 1.48. The molecule has 0 spiro atoms. The third kappa shape index (κ3) is 5.52. The Morgan fingerprint density at radius 2 is 1.79 bits per heavy atom. The van der Waals surface area contributed by atoms with Crippen LogP contribution in [-0.4, -0.2) is 24.0 Å². The average molecular weight is 264 g/mol. The molecule has 5 heteroatoms. The smallest absolute Gasteiger partial charge is 0.338 e. The van der Waals surface area contributed by atoms with Crippen LogP contribution in [0.5, 0.6) is 0 Å². The van der Waals surface area contributed by atoms with Gasteiger partial charge in [0.05, 0.1) is 11.7 Å². The fraction of sp³-hybridized carbons (Fsp3) is 0.429. The number of anilines is 1. The molecule has 19 heavy (non-hydrogen) atoms. The van der Waals surface area contributed by atoms with Crippen LogP contribution in [-0.2, 0) is 9.53 Å². The Bertz CT molecular complexity index is 439. The number of ether oxygens (including phenoxy) is 1. The minimum Gasteiger partial charge on any atom is -0.459 e. The number of nitrogens with two attached hydrogens (primary N) is 1. The SMILES string of the molecule is CC(N)CC(=O)Nc1ccc(C(=O)OC(C)C)cc1. The van der Waals surface area contributed by atoms with E-state index in [1.807, 2.05) is 0 Å². The Hall–Kier alpha value is -1.88. The number of hydrogen-bond donors (Lipinski definition) is 2. The molecule has 0 fully saturated rings. The molecule has 1 aromatic carbocycles. The maximum Gasteiger partial charge on any atom is 0.338 e. The van der Waals surface area contributed by atoms with Gasteiger partial charge in [-0.25, -0.2) is 4.79 Å². The highest BCUT2D eigenvalue weighted by atomic mass is 16.5. The molecule has 1 aromatic rings. The quantitative estimate of drug-likeness (QED) is 0.796. The Labute approximate surface area is 113 Å². The molecule has 0 heterocycles. The second-order valence-electron chi connectivity index (χ2n) is 4.76. The summed E-state index contributed by atoms with van der Waals surface area (Å²) in [6.45, 7) is 5.35. The molecule has 1 amide bonds. The molecule has 1 atom stereocenters. The van der Waals surface area contributed by atoms with Crippen molar-refractivity contribution in [2.45, 2.75) is 39.3 Å². The van der Waals surface area contributed by atoms with Gasteiger partial charge in [-0.2, -0.15) is 0 Å². The van der Waals surface area contributed by atoms with Gasteiger partial charge in [0.1, 0.15) is 0 Å². The summed E-state index contributed by atoms with van der Waals surface area (Å²) in [5.74, 6) is -0.518. The number of carbonyl (C=O) groups is 2. The molecule has 0 radical (unpaired) electrons. The molecule has 0 aliphatic rings. The lowest BCUT2D eigenvalue weighted by atomic mass is 10.2. The van der Waals surface area contributed by atoms with Crippen LogP contribution < -0.4 is 11.1 Å². The molecule has 0 aliphatic heterocycles. The van der Waals surface area contributed by atoms with E-state index >= 15 is 0 Å². The molecule has 0 saturated carbocycles. The predicted octanol–water partition coefficient (Wildman–Crippen LogP) is 1.93. The molecule has 104 valence electrons. The van der Waals surface area contributed by atoms with Crippen LogP contribution in [0.3, 0.4) is 0 Å². The van der Waals surface area contributed by atoms with Crippen LogP contribution in [0.2, 0.25) is 0 Å². The summed E-state index contributed by atoms with van der Waals surface area (Å²) in [6, 6.07) is 6.38. The van der Waals surface area contributed by atoms with E-state index in [-0.39, 0.29) is 30.4 Å². The second-order valence-corrected chi connectivity index (χ2v) is 4.76. The van der Waals surface area contributed by atoms with Crippen molar-refractivity contribution < 1.29 is 14.3 Å². The number of carbonyl (C=O) groups excluding carboxylic acids is 2. The Kier molecular flexibility index (Phi) is 5.51. The van der Waals surface area contributed by atoms with Crippen molar-refractivity contribution in [2.75, 3.05) is 5.32 Å². The topological polar surface area (TPSA) is 81.4 Å². The molecule has 3 N–H and O–H groups in total. The first-order valence-corrected chi connectivity index (χ1v) is 6.25. The highest BCUT2D eigenvalue weighted by Crippen LogP contribution is 2.11. The second kappa shape index (κ2) is 6.89. The lowest BCUT2D eigenvalue weighted by Gasteiger charge is -2.09. The van der Waals surface area contributed by atoms with Crippen LogP contribution in [0.1, 0.15) is 37.6 Å². The van der Waals surface area contributed by atoms with Crippen molar-refractivity contribution in [3.8, 4) is 0 Å². The van der Waals surface area contributed by atoms with E-state index in [9.17, 15) is 9.59 Å². The van der Waals surface area contributed by atoms with Crippen LogP contribution in [0.4, 0.5) is 5.69 Å². The first kappa shape index (κ1) is 15.2. The van der Waals surface area contributed by atoms with Crippen molar-refractivity contribution >= 4 is 17.6 Å². The average Bonchev–Trinajstić information content (AvgIpc) is 2.27. The summed E-state index contributed by atoms with van der Waals surface area (Å²) in [4.78, 5) is 23.1. The molecular weight excluding hydrogens is 244 g/mol. The summed E-state index contributed by atoms with van der Waals surface area (Å²) < 4.78 is 5.07. The highest BCUT2D eigenvalue weighted by Gasteiger charge is 2.10. The Morgan fingerprint density at radius 3 is 2.26 bits per heavy atom. The lowest BCUT2D eigenvalue weighted by molar-refractivity contribution is -0.116. The predicted molar refractivity (Wildman–Crippen MR) is 73.9 cm³/mol. The lowest BCUT2D eigenvalue weighted by Crippen LogP contribution is -2.24. The molecular formula is C14H20N2O3. The van der Waals surface area contributed by atoms with Crippen molar-refractivity contribution in [3.63, 3.8) is 0 Å². The molecule has 0 saturated heterocycles. The van der Waals surface area contributed by atoms with Gasteiger partial charge in [-0.15, -0.1) is 0 Å². The number of esters is 1. The monoisotopic (exact) mass is 264 g/mol. The zero-order valence-corrected chi connectivity index (χ0v) is 11.5. The van der Waals surface area contributed by atoms with E-state index in [1.54, 1.807) is 45.0 Å². The maximum atomic E-state index is 11.6. The zero-order chi connectivity index (χ0) is 14.4. The van der Waals surface area contributed by atoms with Gasteiger partial charge in [0.25, 0.3) is 0 Å². The standard InChI is InChI=1S/C14H20N2O3/c1-9(2)19-14(18)11-4-6-12(7-5-11)16-13(17)8-10(3)15/h4-7,9-10H,8,15H2,1-3H3,(H,16,17). The van der Waals surface area contributed by atoms with E-state index < -0.39 is 0 Å². The number of nitrogens with one attached hydrogen (secondary N) is 1. The van der Waals surface area contributed by atoms with Gasteiger partial charge in [-0.05, 0) is 45.0 Å². The molecule has 0 aromatic heterocycles. The number of benzene rings is 1. The van der Waals surface area contributed by atoms with Crippen LogP contribution in [0, 0.1) is 0 Å². The molecule has 0 aliphatic carbocycles. The van der Waals surface area contributed by atoms with Crippen molar-refractivity contribution in [2.24, 2.45) is 5.73 Å². The summed E-state index contributed by atoms with van der Waals surface area (Å²) in [5, 5.41) is 2.71. The first-order chi connectivity index (χ1) is 8.88. The largest absolute Gasteiger partial charge is 0.459 e. The maximum absolute atomic E-state index is 11.6. The van der Waals surface area contributed by atoms with Gasteiger partial charge in [0.2, 0.25) is 5.91 Å². The number of hydrogen-bond acceptors (Lipinski definition) is 4. The van der Waals surface area contributed by atoms with E-state index in [0.29, 0.717) is 11.3 Å². The van der Waals surface area contributed by atoms with Crippen molar-refractivity contribution in [3.05, 3.63) is 29.8 Å². The van der Waals surface area contributed by atoms with E-state index in [4.69, 9.17) is 10.5 Å². The molecule has 1 rings (SSSR count). The molecule has 5 nitrogen and oxygen atoms in total. The summed E-state index contributed by atoms with van der Waals surface area (Å²) in [7, 11) is 0. The van der Waals surface area contributed by atoms with Gasteiger partial charge in [0.15, 0.2) is 0 Å². The normalized spacial score (nSPS) is 12.1. The minimum atomic E-state index is -0.372. The Balaban J connectivity index is 2.61. The van der Waals surface area contributed by atoms with E-state index in [0.717, 1.165) is 0 Å². The van der Waals surface area contributed by atoms with Crippen LogP contribution in [0.15, 0.2) is 24.3 Å². The van der Waals surface area contributed by atoms with Gasteiger partial charge >= 0.3 is 5.97 Å². The Morgan fingerprint density at radius 1 is 1.21 bits per heavy atom. The van der Waals surface area contributed by atoms with Crippen LogP contribution in [0.25, 0.3) is 0 Å². The van der Waals surface area contributed by atoms with Crippen molar-refractivity contribution in [1.29, 1.82) is 0 Å².